The number of thioether (sulfide) groups is 1. The summed E-state index contributed by atoms with van der Waals surface area (Å²) in [5.41, 5.74) is 3.64. The number of amides is 2. The Morgan fingerprint density at radius 1 is 1.20 bits per heavy atom. The Bertz CT molecular complexity index is 1520. The number of hydrogen-bond donors (Lipinski definition) is 3. The molecule has 2 aliphatic heterocycles. The molecule has 2 aliphatic rings. The van der Waals surface area contributed by atoms with E-state index in [0.717, 1.165) is 55.5 Å². The molecule has 11 nitrogen and oxygen atoms in total. The van der Waals surface area contributed by atoms with E-state index in [1.165, 1.54) is 0 Å². The predicted octanol–water partition coefficient (Wildman–Crippen LogP) is 3.88. The van der Waals surface area contributed by atoms with Crippen LogP contribution in [0.4, 0.5) is 10.7 Å². The largest absolute Gasteiger partial charge is 0.495 e. The quantitative estimate of drug-likeness (QED) is 0.320. The van der Waals surface area contributed by atoms with E-state index in [1.54, 1.807) is 43.6 Å². The highest BCUT2D eigenvalue weighted by molar-refractivity contribution is 8.18. The molecule has 212 valence electrons. The highest BCUT2D eigenvalue weighted by atomic mass is 32.2. The minimum atomic E-state index is -0.991. The molecular weight excluding hydrogens is 544 g/mol. The van der Waals surface area contributed by atoms with Gasteiger partial charge in [-0.15, -0.1) is 0 Å². The van der Waals surface area contributed by atoms with Gasteiger partial charge in [0.25, 0.3) is 11.1 Å². The number of carboxylic acids is 1. The number of benzene rings is 1. The van der Waals surface area contributed by atoms with Crippen molar-refractivity contribution in [1.29, 1.82) is 0 Å². The third-order valence-corrected chi connectivity index (χ3v) is 7.85. The van der Waals surface area contributed by atoms with Crippen LogP contribution in [0.25, 0.3) is 17.3 Å². The summed E-state index contributed by atoms with van der Waals surface area (Å²) in [6.45, 7) is 4.79. The van der Waals surface area contributed by atoms with Crippen molar-refractivity contribution in [1.82, 2.24) is 25.6 Å². The van der Waals surface area contributed by atoms with E-state index in [9.17, 15) is 19.5 Å². The summed E-state index contributed by atoms with van der Waals surface area (Å²) in [6.07, 6.45) is 5.16. The molecule has 0 bridgehead atoms. The zero-order chi connectivity index (χ0) is 28.9. The first-order valence-electron chi connectivity index (χ1n) is 13.2. The van der Waals surface area contributed by atoms with Gasteiger partial charge in [-0.3, -0.25) is 14.9 Å². The van der Waals surface area contributed by atoms with Gasteiger partial charge in [0.05, 0.1) is 34.7 Å². The first-order chi connectivity index (χ1) is 19.8. The summed E-state index contributed by atoms with van der Waals surface area (Å²) >= 11 is 0.865. The van der Waals surface area contributed by atoms with E-state index in [-0.39, 0.29) is 10.8 Å². The van der Waals surface area contributed by atoms with Crippen LogP contribution >= 0.6 is 11.8 Å². The van der Waals surface area contributed by atoms with Crippen molar-refractivity contribution in [2.45, 2.75) is 26.3 Å². The summed E-state index contributed by atoms with van der Waals surface area (Å²) in [6, 6.07) is 10.5. The number of methoxy groups -OCH3 is 1. The normalized spacial score (nSPS) is 16.7. The van der Waals surface area contributed by atoms with Gasteiger partial charge in [0.15, 0.2) is 0 Å². The average molecular weight is 575 g/mol. The van der Waals surface area contributed by atoms with Crippen LogP contribution in [0, 0.1) is 12.8 Å². The Morgan fingerprint density at radius 3 is 2.71 bits per heavy atom. The van der Waals surface area contributed by atoms with Crippen LogP contribution in [0.1, 0.15) is 40.2 Å². The summed E-state index contributed by atoms with van der Waals surface area (Å²) in [5.74, 6) is 0.293. The molecule has 0 saturated carbocycles. The van der Waals surface area contributed by atoms with Crippen LogP contribution in [-0.2, 0) is 11.3 Å². The average Bonchev–Trinajstić information content (AvgIpc) is 3.29. The topological polar surface area (TPSA) is 147 Å². The maximum absolute atomic E-state index is 11.8. The maximum atomic E-state index is 11.8. The second-order valence-corrected chi connectivity index (χ2v) is 10.9. The van der Waals surface area contributed by atoms with E-state index in [0.29, 0.717) is 46.0 Å². The number of hydrogen-bond acceptors (Lipinski definition) is 10. The van der Waals surface area contributed by atoms with E-state index in [1.807, 2.05) is 19.1 Å². The molecule has 0 aliphatic carbocycles. The number of imide groups is 1. The second kappa shape index (κ2) is 12.5. The standard InChI is InChI=1S/C29H30N6O5S/c1-17-3-4-20(27(37)38)21(13-17)22-5-6-24(40-2)23(33-22)16-30-15-18-8-11-35(12-9-18)28-31-10-7-19(32-28)14-25-26(36)34-29(39)41-25/h3-7,10,13-14,18,30H,8-9,11-12,15-16H2,1-2H3,(H,37,38)(H,34,36,39). The smallest absolute Gasteiger partial charge is 0.336 e. The molecule has 2 aromatic heterocycles. The zero-order valence-corrected chi connectivity index (χ0v) is 23.5. The van der Waals surface area contributed by atoms with Crippen molar-refractivity contribution < 1.29 is 24.2 Å². The SMILES string of the molecule is COc1ccc(-c2cc(C)ccc2C(=O)O)nc1CNCC1CCN(c2nccc(C=C3SC(=O)NC3=O)n2)CC1. The minimum absolute atomic E-state index is 0.211. The summed E-state index contributed by atoms with van der Waals surface area (Å²) in [4.78, 5) is 51.2. The van der Waals surface area contributed by atoms with Gasteiger partial charge in [0.1, 0.15) is 5.75 Å². The number of carboxylic acid groups (broad SMARTS) is 1. The van der Waals surface area contributed by atoms with Crippen molar-refractivity contribution in [3.05, 3.63) is 70.0 Å². The third kappa shape index (κ3) is 6.72. The molecule has 2 amide bonds. The fraction of sp³-hybridized carbons (Fsp3) is 0.310. The number of rotatable bonds is 9. The van der Waals surface area contributed by atoms with Crippen LogP contribution < -0.4 is 20.3 Å². The fourth-order valence-corrected chi connectivity index (χ4v) is 5.56. The van der Waals surface area contributed by atoms with Crippen molar-refractivity contribution in [2.24, 2.45) is 5.92 Å². The number of nitrogens with zero attached hydrogens (tertiary/aromatic N) is 4. The molecule has 0 radical (unpaired) electrons. The van der Waals surface area contributed by atoms with E-state index in [2.05, 4.69) is 25.5 Å². The van der Waals surface area contributed by atoms with E-state index < -0.39 is 11.9 Å². The van der Waals surface area contributed by atoms with Gasteiger partial charge in [-0.25, -0.2) is 19.7 Å². The highest BCUT2D eigenvalue weighted by Gasteiger charge is 2.26. The van der Waals surface area contributed by atoms with Gasteiger partial charge >= 0.3 is 5.97 Å². The molecular formula is C29H30N6O5S. The van der Waals surface area contributed by atoms with Gasteiger partial charge in [-0.1, -0.05) is 11.6 Å². The number of aromatic carboxylic acids is 1. The minimum Gasteiger partial charge on any atom is -0.495 e. The number of ether oxygens (including phenoxy) is 1. The van der Waals surface area contributed by atoms with Crippen molar-refractivity contribution >= 4 is 40.9 Å². The Kier molecular flexibility index (Phi) is 8.60. The van der Waals surface area contributed by atoms with Crippen LogP contribution in [0.2, 0.25) is 0 Å². The number of pyridine rings is 1. The number of aromatic nitrogens is 3. The summed E-state index contributed by atoms with van der Waals surface area (Å²) in [5, 5.41) is 15.0. The number of anilines is 1. The third-order valence-electron chi connectivity index (χ3n) is 7.04. The van der Waals surface area contributed by atoms with Crippen LogP contribution in [0.15, 0.2) is 47.5 Å². The number of aryl methyl sites for hydroxylation is 1. The summed E-state index contributed by atoms with van der Waals surface area (Å²) in [7, 11) is 1.60. The van der Waals surface area contributed by atoms with Gasteiger partial charge in [0, 0.05) is 31.4 Å². The summed E-state index contributed by atoms with van der Waals surface area (Å²) < 4.78 is 5.52. The highest BCUT2D eigenvalue weighted by Crippen LogP contribution is 2.28. The second-order valence-electron chi connectivity index (χ2n) is 9.89. The van der Waals surface area contributed by atoms with E-state index >= 15 is 0 Å². The van der Waals surface area contributed by atoms with Crippen molar-refractivity contribution in [2.75, 3.05) is 31.6 Å². The monoisotopic (exact) mass is 574 g/mol. The Labute approximate surface area is 241 Å². The van der Waals surface area contributed by atoms with Crippen LogP contribution in [0.5, 0.6) is 5.75 Å². The molecule has 2 saturated heterocycles. The van der Waals surface area contributed by atoms with Crippen LogP contribution in [-0.4, -0.2) is 63.9 Å². The predicted molar refractivity (Wildman–Crippen MR) is 156 cm³/mol. The molecule has 3 aromatic rings. The Hall–Kier alpha value is -4.29. The lowest BCUT2D eigenvalue weighted by molar-refractivity contribution is -0.115. The maximum Gasteiger partial charge on any atom is 0.336 e. The van der Waals surface area contributed by atoms with Crippen molar-refractivity contribution in [3.63, 3.8) is 0 Å². The number of nitrogens with one attached hydrogen (secondary N) is 2. The lowest BCUT2D eigenvalue weighted by Crippen LogP contribution is -2.38. The van der Waals surface area contributed by atoms with Gasteiger partial charge < -0.3 is 20.1 Å². The zero-order valence-electron chi connectivity index (χ0n) is 22.7. The molecule has 0 unspecified atom stereocenters. The first kappa shape index (κ1) is 28.2. The molecule has 12 heteroatoms. The van der Waals surface area contributed by atoms with Gasteiger partial charge in [0.2, 0.25) is 5.95 Å². The van der Waals surface area contributed by atoms with E-state index in [4.69, 9.17) is 9.72 Å². The Morgan fingerprint density at radius 2 is 2.00 bits per heavy atom. The number of carbonyl (C=O) groups excluding carboxylic acids is 2. The van der Waals surface area contributed by atoms with Gasteiger partial charge in [-0.2, -0.15) is 0 Å². The van der Waals surface area contributed by atoms with Crippen LogP contribution in [0.3, 0.4) is 0 Å². The van der Waals surface area contributed by atoms with Gasteiger partial charge in [-0.05, 0) is 80.4 Å². The lowest BCUT2D eigenvalue weighted by atomic mass is 9.97. The molecule has 0 spiro atoms. The number of piperidine rings is 1. The fourth-order valence-electron chi connectivity index (χ4n) is 4.89. The molecule has 5 rings (SSSR count). The molecule has 0 atom stereocenters. The molecule has 4 heterocycles. The first-order valence-corrected chi connectivity index (χ1v) is 14.0. The lowest BCUT2D eigenvalue weighted by Gasteiger charge is -2.32. The Balaban J connectivity index is 1.18. The van der Waals surface area contributed by atoms with Crippen molar-refractivity contribution in [3.8, 4) is 17.0 Å². The molecule has 2 fully saturated rings. The molecule has 3 N–H and O–H groups in total. The molecule has 41 heavy (non-hydrogen) atoms. The molecule has 1 aromatic carbocycles. The number of carbonyl (C=O) groups is 3.